The van der Waals surface area contributed by atoms with Gasteiger partial charge in [-0.2, -0.15) is 0 Å². The van der Waals surface area contributed by atoms with Gasteiger partial charge in [0.15, 0.2) is 0 Å². The van der Waals surface area contributed by atoms with Gasteiger partial charge in [0.2, 0.25) is 0 Å². The molecule has 100 valence electrons. The van der Waals surface area contributed by atoms with Crippen LogP contribution in [0.2, 0.25) is 0 Å². The summed E-state index contributed by atoms with van der Waals surface area (Å²) in [4.78, 5) is 14.8. The number of amides is 1. The van der Waals surface area contributed by atoms with Crippen molar-refractivity contribution in [2.24, 2.45) is 0 Å². The van der Waals surface area contributed by atoms with E-state index in [1.165, 1.54) is 11.3 Å². The van der Waals surface area contributed by atoms with Gasteiger partial charge in [0, 0.05) is 25.3 Å². The molecule has 0 aliphatic rings. The number of benzene rings is 1. The van der Waals surface area contributed by atoms with Gasteiger partial charge in [0.1, 0.15) is 0 Å². The highest BCUT2D eigenvalue weighted by molar-refractivity contribution is 7.12. The first-order valence-electron chi connectivity index (χ1n) is 6.28. The molecular weight excluding hydrogens is 256 g/mol. The van der Waals surface area contributed by atoms with Crippen LogP contribution < -0.4 is 10.2 Å². The van der Waals surface area contributed by atoms with Gasteiger partial charge in [-0.1, -0.05) is 24.3 Å². The van der Waals surface area contributed by atoms with Crippen molar-refractivity contribution in [2.75, 3.05) is 18.5 Å². The Hall–Kier alpha value is -1.81. The number of nitrogens with zero attached hydrogens (tertiary/aromatic N) is 1. The summed E-state index contributed by atoms with van der Waals surface area (Å²) in [5, 5.41) is 4.88. The van der Waals surface area contributed by atoms with Crippen LogP contribution in [0.15, 0.2) is 47.8 Å². The minimum atomic E-state index is 0.00307. The Morgan fingerprint density at radius 3 is 2.63 bits per heavy atom. The van der Waals surface area contributed by atoms with Gasteiger partial charge in [-0.05, 0) is 30.5 Å². The zero-order valence-electron chi connectivity index (χ0n) is 11.2. The van der Waals surface area contributed by atoms with Crippen LogP contribution in [0.5, 0.6) is 0 Å². The maximum atomic E-state index is 11.9. The van der Waals surface area contributed by atoms with Crippen molar-refractivity contribution < 1.29 is 4.79 Å². The van der Waals surface area contributed by atoms with E-state index in [1.54, 1.807) is 0 Å². The topological polar surface area (TPSA) is 32.3 Å². The lowest BCUT2D eigenvalue weighted by Crippen LogP contribution is -2.40. The van der Waals surface area contributed by atoms with Gasteiger partial charge in [0.25, 0.3) is 5.91 Å². The maximum Gasteiger partial charge on any atom is 0.261 e. The summed E-state index contributed by atoms with van der Waals surface area (Å²) >= 11 is 1.46. The Kier molecular flexibility index (Phi) is 4.58. The van der Waals surface area contributed by atoms with E-state index in [9.17, 15) is 4.79 Å². The summed E-state index contributed by atoms with van der Waals surface area (Å²) in [5.41, 5.74) is 1.15. The van der Waals surface area contributed by atoms with Gasteiger partial charge in [-0.25, -0.2) is 0 Å². The van der Waals surface area contributed by atoms with Crippen LogP contribution in [0.3, 0.4) is 0 Å². The van der Waals surface area contributed by atoms with Crippen molar-refractivity contribution in [3.05, 3.63) is 52.7 Å². The first kappa shape index (κ1) is 13.6. The zero-order valence-corrected chi connectivity index (χ0v) is 12.0. The van der Waals surface area contributed by atoms with Crippen LogP contribution in [0.1, 0.15) is 16.6 Å². The molecule has 1 atom stereocenters. The molecule has 0 spiro atoms. The van der Waals surface area contributed by atoms with Crippen LogP contribution in [0.4, 0.5) is 5.69 Å². The van der Waals surface area contributed by atoms with E-state index in [2.05, 4.69) is 29.3 Å². The van der Waals surface area contributed by atoms with Crippen LogP contribution in [-0.2, 0) is 0 Å². The third kappa shape index (κ3) is 3.58. The van der Waals surface area contributed by atoms with E-state index >= 15 is 0 Å². The van der Waals surface area contributed by atoms with Gasteiger partial charge in [0.05, 0.1) is 4.88 Å². The predicted molar refractivity (Wildman–Crippen MR) is 81.0 cm³/mol. The highest BCUT2D eigenvalue weighted by atomic mass is 32.1. The average molecular weight is 274 g/mol. The SMILES string of the molecule is CC(CNC(=O)c1cccs1)N(C)c1ccccc1. The van der Waals surface area contributed by atoms with Crippen LogP contribution >= 0.6 is 11.3 Å². The summed E-state index contributed by atoms with van der Waals surface area (Å²) in [5.74, 6) is 0.00307. The predicted octanol–water partition coefficient (Wildman–Crippen LogP) is 3.00. The fourth-order valence-corrected chi connectivity index (χ4v) is 2.43. The summed E-state index contributed by atoms with van der Waals surface area (Å²) < 4.78 is 0. The average Bonchev–Trinajstić information content (AvgIpc) is 2.98. The Bertz CT molecular complexity index is 510. The van der Waals surface area contributed by atoms with Crippen LogP contribution in [0, 0.1) is 0 Å². The molecule has 2 aromatic rings. The van der Waals surface area contributed by atoms with Crippen molar-refractivity contribution in [3.8, 4) is 0 Å². The van der Waals surface area contributed by atoms with Gasteiger partial charge < -0.3 is 10.2 Å². The first-order chi connectivity index (χ1) is 9.18. The number of carbonyl (C=O) groups excluding carboxylic acids is 1. The molecule has 0 saturated carbocycles. The summed E-state index contributed by atoms with van der Waals surface area (Å²) in [6, 6.07) is 14.1. The van der Waals surface area contributed by atoms with E-state index in [-0.39, 0.29) is 11.9 Å². The summed E-state index contributed by atoms with van der Waals surface area (Å²) in [6.07, 6.45) is 0. The molecule has 4 heteroatoms. The number of para-hydroxylation sites is 1. The number of likely N-dealkylation sites (N-methyl/N-ethyl adjacent to an activating group) is 1. The quantitative estimate of drug-likeness (QED) is 0.909. The van der Waals surface area contributed by atoms with Crippen molar-refractivity contribution in [3.63, 3.8) is 0 Å². The highest BCUT2D eigenvalue weighted by Crippen LogP contribution is 2.14. The summed E-state index contributed by atoms with van der Waals surface area (Å²) in [7, 11) is 2.04. The van der Waals surface area contributed by atoms with E-state index in [0.29, 0.717) is 6.54 Å². The smallest absolute Gasteiger partial charge is 0.261 e. The lowest BCUT2D eigenvalue weighted by atomic mass is 10.2. The third-order valence-corrected chi connectivity index (χ3v) is 4.00. The van der Waals surface area contributed by atoms with Crippen molar-refractivity contribution in [1.82, 2.24) is 5.32 Å². The molecule has 1 aromatic heterocycles. The van der Waals surface area contributed by atoms with E-state index in [4.69, 9.17) is 0 Å². The second-order valence-corrected chi connectivity index (χ2v) is 5.43. The number of anilines is 1. The molecule has 1 heterocycles. The number of carbonyl (C=O) groups is 1. The molecule has 19 heavy (non-hydrogen) atoms. The number of nitrogens with one attached hydrogen (secondary N) is 1. The third-order valence-electron chi connectivity index (χ3n) is 3.13. The Morgan fingerprint density at radius 1 is 1.26 bits per heavy atom. The lowest BCUT2D eigenvalue weighted by Gasteiger charge is -2.27. The molecule has 0 radical (unpaired) electrons. The lowest BCUT2D eigenvalue weighted by molar-refractivity contribution is 0.0955. The normalized spacial score (nSPS) is 11.9. The number of rotatable bonds is 5. The second-order valence-electron chi connectivity index (χ2n) is 4.48. The summed E-state index contributed by atoms with van der Waals surface area (Å²) in [6.45, 7) is 2.73. The highest BCUT2D eigenvalue weighted by Gasteiger charge is 2.12. The Morgan fingerprint density at radius 2 is 2.00 bits per heavy atom. The molecule has 0 aliphatic heterocycles. The molecular formula is C15H18N2OS. The minimum absolute atomic E-state index is 0.00307. The Labute approximate surface area is 117 Å². The van der Waals surface area contributed by atoms with E-state index < -0.39 is 0 Å². The molecule has 1 amide bonds. The second kappa shape index (κ2) is 6.38. The van der Waals surface area contributed by atoms with Crippen LogP contribution in [0.25, 0.3) is 0 Å². The zero-order chi connectivity index (χ0) is 13.7. The molecule has 0 aliphatic carbocycles. The maximum absolute atomic E-state index is 11.9. The largest absolute Gasteiger partial charge is 0.370 e. The standard InChI is InChI=1S/C15H18N2OS/c1-12(17(2)13-7-4-3-5-8-13)11-16-15(18)14-9-6-10-19-14/h3-10,12H,11H2,1-2H3,(H,16,18). The number of hydrogen-bond acceptors (Lipinski definition) is 3. The van der Waals surface area contributed by atoms with Gasteiger partial charge >= 0.3 is 0 Å². The molecule has 1 aromatic carbocycles. The molecule has 0 fully saturated rings. The minimum Gasteiger partial charge on any atom is -0.370 e. The van der Waals surface area contributed by atoms with Gasteiger partial charge in [-0.15, -0.1) is 11.3 Å². The number of hydrogen-bond donors (Lipinski definition) is 1. The molecule has 0 bridgehead atoms. The van der Waals surface area contributed by atoms with E-state index in [0.717, 1.165) is 10.6 Å². The molecule has 1 N–H and O–H groups in total. The molecule has 3 nitrogen and oxygen atoms in total. The van der Waals surface area contributed by atoms with Crippen LogP contribution in [-0.4, -0.2) is 25.5 Å². The van der Waals surface area contributed by atoms with E-state index in [1.807, 2.05) is 42.8 Å². The van der Waals surface area contributed by atoms with Gasteiger partial charge in [-0.3, -0.25) is 4.79 Å². The molecule has 2 rings (SSSR count). The van der Waals surface area contributed by atoms with Crippen molar-refractivity contribution in [1.29, 1.82) is 0 Å². The fraction of sp³-hybridized carbons (Fsp3) is 0.267. The molecule has 1 unspecified atom stereocenters. The number of thiophene rings is 1. The first-order valence-corrected chi connectivity index (χ1v) is 7.16. The Balaban J connectivity index is 1.88. The molecule has 0 saturated heterocycles. The van der Waals surface area contributed by atoms with Crippen molar-refractivity contribution >= 4 is 22.9 Å². The van der Waals surface area contributed by atoms with Crippen molar-refractivity contribution in [2.45, 2.75) is 13.0 Å². The fourth-order valence-electron chi connectivity index (χ4n) is 1.79. The monoisotopic (exact) mass is 274 g/mol.